The van der Waals surface area contributed by atoms with Gasteiger partial charge < -0.3 is 20.3 Å². The first-order valence-corrected chi connectivity index (χ1v) is 11.6. The van der Waals surface area contributed by atoms with Gasteiger partial charge in [0.1, 0.15) is 17.4 Å². The van der Waals surface area contributed by atoms with Gasteiger partial charge in [0, 0.05) is 36.1 Å². The van der Waals surface area contributed by atoms with Crippen molar-refractivity contribution in [3.63, 3.8) is 0 Å². The summed E-state index contributed by atoms with van der Waals surface area (Å²) >= 11 is 0. The zero-order chi connectivity index (χ0) is 23.8. The summed E-state index contributed by atoms with van der Waals surface area (Å²) in [5.74, 6) is -0.673. The molecule has 3 rings (SSSR count). The molecule has 2 amide bonds. The van der Waals surface area contributed by atoms with Gasteiger partial charge in [-0.2, -0.15) is 5.26 Å². The summed E-state index contributed by atoms with van der Waals surface area (Å²) in [5, 5.41) is 24.5. The van der Waals surface area contributed by atoms with Crippen molar-refractivity contribution in [3.05, 3.63) is 58.4 Å². The number of aromatic hydroxyl groups is 1. The predicted octanol–water partition coefficient (Wildman–Crippen LogP) is 4.16. The Balaban J connectivity index is 1.53. The number of amides is 2. The van der Waals surface area contributed by atoms with Crippen LogP contribution in [0.5, 0.6) is 5.75 Å². The number of nitrogens with one attached hydrogen (secondary N) is 2. The van der Waals surface area contributed by atoms with E-state index in [2.05, 4.69) is 29.0 Å². The summed E-state index contributed by atoms with van der Waals surface area (Å²) in [4.78, 5) is 24.6. The smallest absolute Gasteiger partial charge is 0.261 e. The minimum absolute atomic E-state index is 0.0326. The van der Waals surface area contributed by atoms with E-state index >= 15 is 0 Å². The number of nitrogens with zero attached hydrogens (tertiary/aromatic N) is 2. The third-order valence-electron chi connectivity index (χ3n) is 6.16. The first kappa shape index (κ1) is 24.1. The first-order chi connectivity index (χ1) is 15.9. The molecule has 0 saturated heterocycles. The molecule has 1 saturated carbocycles. The SMILES string of the molecule is Cc1cc(/C=C(/C#N)C(=O)NCCCNC(=O)c2cccc(O)c2)c(C)n1C1CCCCC1. The van der Waals surface area contributed by atoms with E-state index in [1.165, 1.54) is 44.2 Å². The minimum Gasteiger partial charge on any atom is -0.508 e. The van der Waals surface area contributed by atoms with Crippen molar-refractivity contribution >= 4 is 17.9 Å². The number of hydrogen-bond donors (Lipinski definition) is 3. The van der Waals surface area contributed by atoms with E-state index in [0.717, 1.165) is 17.0 Å². The maximum atomic E-state index is 12.5. The molecule has 0 spiro atoms. The van der Waals surface area contributed by atoms with Crippen LogP contribution in [0.2, 0.25) is 0 Å². The van der Waals surface area contributed by atoms with Crippen molar-refractivity contribution < 1.29 is 14.7 Å². The number of rotatable bonds is 8. The van der Waals surface area contributed by atoms with E-state index in [0.29, 0.717) is 31.1 Å². The zero-order valence-corrected chi connectivity index (χ0v) is 19.4. The van der Waals surface area contributed by atoms with Gasteiger partial charge in [0.2, 0.25) is 0 Å². The average Bonchev–Trinajstić information content (AvgIpc) is 3.10. The number of nitriles is 1. The van der Waals surface area contributed by atoms with E-state index in [9.17, 15) is 20.0 Å². The molecular formula is C26H32N4O3. The van der Waals surface area contributed by atoms with Gasteiger partial charge in [-0.1, -0.05) is 25.3 Å². The molecule has 0 aliphatic heterocycles. The van der Waals surface area contributed by atoms with Gasteiger partial charge in [0.15, 0.2) is 0 Å². The third-order valence-corrected chi connectivity index (χ3v) is 6.16. The summed E-state index contributed by atoms with van der Waals surface area (Å²) in [6.45, 7) is 4.83. The standard InChI is InChI=1S/C26H32N4O3/c1-18-14-21(19(2)30(18)23-9-4-3-5-10-23)15-22(17-27)26(33)29-13-7-12-28-25(32)20-8-6-11-24(31)16-20/h6,8,11,14-16,23,31H,3-5,7,9-10,12-13H2,1-2H3,(H,28,32)(H,29,33)/b22-15-. The first-order valence-electron chi connectivity index (χ1n) is 11.6. The van der Waals surface area contributed by atoms with Gasteiger partial charge in [-0.3, -0.25) is 9.59 Å². The fraction of sp³-hybridized carbons (Fsp3) is 0.423. The molecule has 33 heavy (non-hydrogen) atoms. The minimum atomic E-state index is -0.417. The van der Waals surface area contributed by atoms with E-state index in [4.69, 9.17) is 0 Å². The highest BCUT2D eigenvalue weighted by molar-refractivity contribution is 6.01. The second kappa shape index (κ2) is 11.4. The predicted molar refractivity (Wildman–Crippen MR) is 128 cm³/mol. The molecule has 1 aromatic carbocycles. The number of carbonyl (C=O) groups excluding carboxylic acids is 2. The molecule has 0 radical (unpaired) electrons. The van der Waals surface area contributed by atoms with Gasteiger partial charge in [-0.05, 0) is 69.0 Å². The van der Waals surface area contributed by atoms with Gasteiger partial charge in [0.05, 0.1) is 0 Å². The number of carbonyl (C=O) groups is 2. The molecule has 0 atom stereocenters. The molecule has 1 aromatic heterocycles. The fourth-order valence-electron chi connectivity index (χ4n) is 4.49. The molecule has 1 fully saturated rings. The van der Waals surface area contributed by atoms with Crippen molar-refractivity contribution in [2.45, 2.75) is 58.4 Å². The topological polar surface area (TPSA) is 107 Å². The Bertz CT molecular complexity index is 1070. The van der Waals surface area contributed by atoms with Crippen LogP contribution in [0.4, 0.5) is 0 Å². The Kier molecular flexibility index (Phi) is 8.31. The Labute approximate surface area is 195 Å². The van der Waals surface area contributed by atoms with E-state index < -0.39 is 5.91 Å². The lowest BCUT2D eigenvalue weighted by Gasteiger charge is -2.26. The number of phenolic OH excluding ortho intramolecular Hbond substituents is 1. The lowest BCUT2D eigenvalue weighted by molar-refractivity contribution is -0.117. The van der Waals surface area contributed by atoms with Crippen LogP contribution in [-0.4, -0.2) is 34.6 Å². The highest BCUT2D eigenvalue weighted by atomic mass is 16.3. The van der Waals surface area contributed by atoms with Crippen LogP contribution in [-0.2, 0) is 4.79 Å². The molecule has 7 nitrogen and oxygen atoms in total. The lowest BCUT2D eigenvalue weighted by atomic mass is 9.95. The van der Waals surface area contributed by atoms with Crippen LogP contribution in [0.15, 0.2) is 35.9 Å². The molecule has 1 aliphatic rings. The summed E-state index contributed by atoms with van der Waals surface area (Å²) in [6, 6.07) is 10.7. The van der Waals surface area contributed by atoms with Crippen LogP contribution in [0.1, 0.15) is 71.9 Å². The number of phenols is 1. The summed E-state index contributed by atoms with van der Waals surface area (Å²) in [7, 11) is 0. The molecule has 1 aliphatic carbocycles. The average molecular weight is 449 g/mol. The maximum Gasteiger partial charge on any atom is 0.261 e. The van der Waals surface area contributed by atoms with Crippen molar-refractivity contribution in [1.82, 2.24) is 15.2 Å². The Hall–Kier alpha value is -3.53. The highest BCUT2D eigenvalue weighted by Crippen LogP contribution is 2.32. The van der Waals surface area contributed by atoms with Gasteiger partial charge >= 0.3 is 0 Å². The van der Waals surface area contributed by atoms with Gasteiger partial charge in [0.25, 0.3) is 11.8 Å². The van der Waals surface area contributed by atoms with Crippen molar-refractivity contribution in [2.24, 2.45) is 0 Å². The normalized spacial score (nSPS) is 14.5. The molecule has 3 N–H and O–H groups in total. The van der Waals surface area contributed by atoms with Gasteiger partial charge in [-0.15, -0.1) is 0 Å². The largest absolute Gasteiger partial charge is 0.508 e. The number of hydrogen-bond acceptors (Lipinski definition) is 4. The Morgan fingerprint density at radius 1 is 1.15 bits per heavy atom. The van der Waals surface area contributed by atoms with E-state index in [1.807, 2.05) is 12.1 Å². The summed E-state index contributed by atoms with van der Waals surface area (Å²) in [5.41, 5.74) is 3.60. The molecule has 174 valence electrons. The monoisotopic (exact) mass is 448 g/mol. The second-order valence-electron chi connectivity index (χ2n) is 8.57. The van der Waals surface area contributed by atoms with Gasteiger partial charge in [-0.25, -0.2) is 0 Å². The third kappa shape index (κ3) is 6.26. The highest BCUT2D eigenvalue weighted by Gasteiger charge is 2.20. The number of aromatic nitrogens is 1. The molecule has 7 heteroatoms. The molecular weight excluding hydrogens is 416 g/mol. The quantitative estimate of drug-likeness (QED) is 0.320. The molecule has 0 bridgehead atoms. The number of benzene rings is 1. The summed E-state index contributed by atoms with van der Waals surface area (Å²) < 4.78 is 2.35. The Morgan fingerprint density at radius 3 is 2.58 bits per heavy atom. The zero-order valence-electron chi connectivity index (χ0n) is 19.4. The van der Waals surface area contributed by atoms with Crippen LogP contribution >= 0.6 is 0 Å². The van der Waals surface area contributed by atoms with Crippen LogP contribution in [0, 0.1) is 25.2 Å². The van der Waals surface area contributed by atoms with Crippen LogP contribution in [0.25, 0.3) is 6.08 Å². The molecule has 2 aromatic rings. The van der Waals surface area contributed by atoms with Crippen molar-refractivity contribution in [3.8, 4) is 11.8 Å². The van der Waals surface area contributed by atoms with Crippen LogP contribution in [0.3, 0.4) is 0 Å². The molecule has 0 unspecified atom stereocenters. The van der Waals surface area contributed by atoms with Crippen molar-refractivity contribution in [2.75, 3.05) is 13.1 Å². The maximum absolute atomic E-state index is 12.5. The Morgan fingerprint density at radius 2 is 1.88 bits per heavy atom. The summed E-state index contributed by atoms with van der Waals surface area (Å²) in [6.07, 6.45) is 8.31. The number of aryl methyl sites for hydroxylation is 1. The fourth-order valence-corrected chi connectivity index (χ4v) is 4.49. The van der Waals surface area contributed by atoms with E-state index in [-0.39, 0.29) is 17.2 Å². The van der Waals surface area contributed by atoms with Crippen molar-refractivity contribution in [1.29, 1.82) is 5.26 Å². The second-order valence-corrected chi connectivity index (χ2v) is 8.57. The lowest BCUT2D eigenvalue weighted by Crippen LogP contribution is -2.30. The molecule has 1 heterocycles. The van der Waals surface area contributed by atoms with Crippen LogP contribution < -0.4 is 10.6 Å². The van der Waals surface area contributed by atoms with E-state index in [1.54, 1.807) is 18.2 Å².